The van der Waals surface area contributed by atoms with E-state index in [1.165, 1.54) is 12.8 Å². The van der Waals surface area contributed by atoms with Gasteiger partial charge in [-0.15, -0.1) is 0 Å². The van der Waals surface area contributed by atoms with Gasteiger partial charge in [0, 0.05) is 6.04 Å². The molecule has 2 aliphatic carbocycles. The Bertz CT molecular complexity index is 109. The van der Waals surface area contributed by atoms with Crippen molar-refractivity contribution in [2.75, 3.05) is 0 Å². The SMILES string of the molecule is C[C@@H]1[C@@H]2CC[C@@H](N)[C@H]12. The third-order valence-electron chi connectivity index (χ3n) is 2.96. The summed E-state index contributed by atoms with van der Waals surface area (Å²) in [6.07, 6.45) is 2.70. The Morgan fingerprint density at radius 2 is 2.12 bits per heavy atom. The Balaban J connectivity index is 2.07. The van der Waals surface area contributed by atoms with E-state index in [1.54, 1.807) is 0 Å². The third kappa shape index (κ3) is 0.408. The summed E-state index contributed by atoms with van der Waals surface area (Å²) in [6, 6.07) is 0.565. The molecule has 0 spiro atoms. The van der Waals surface area contributed by atoms with Gasteiger partial charge in [0.15, 0.2) is 0 Å². The predicted molar refractivity (Wildman–Crippen MR) is 33.4 cm³/mol. The molecule has 0 saturated heterocycles. The zero-order valence-corrected chi connectivity index (χ0v) is 5.30. The molecule has 8 heavy (non-hydrogen) atoms. The van der Waals surface area contributed by atoms with Crippen LogP contribution in [0.3, 0.4) is 0 Å². The molecule has 0 radical (unpaired) electrons. The Kier molecular flexibility index (Phi) is 0.762. The number of hydrogen-bond acceptors (Lipinski definition) is 1. The van der Waals surface area contributed by atoms with Crippen LogP contribution < -0.4 is 5.73 Å². The van der Waals surface area contributed by atoms with Crippen LogP contribution in [0, 0.1) is 17.8 Å². The third-order valence-corrected chi connectivity index (χ3v) is 2.96. The Morgan fingerprint density at radius 3 is 2.38 bits per heavy atom. The summed E-state index contributed by atoms with van der Waals surface area (Å²) in [5.41, 5.74) is 5.81. The van der Waals surface area contributed by atoms with Crippen LogP contribution in [0.4, 0.5) is 0 Å². The summed E-state index contributed by atoms with van der Waals surface area (Å²) in [7, 11) is 0. The lowest BCUT2D eigenvalue weighted by Gasteiger charge is -2.02. The van der Waals surface area contributed by atoms with Gasteiger partial charge in [0.25, 0.3) is 0 Å². The molecule has 1 heteroatoms. The molecule has 0 aromatic rings. The standard InChI is InChI=1S/C7H13N/c1-4-5-2-3-6(8)7(4)5/h4-7H,2-3,8H2,1H3/t4-,5+,6-,7-/m1/s1. The molecule has 0 amide bonds. The molecule has 2 saturated carbocycles. The number of nitrogens with two attached hydrogens (primary N) is 1. The molecule has 0 aromatic heterocycles. The average Bonchev–Trinajstić information content (AvgIpc) is 2.13. The fourth-order valence-corrected chi connectivity index (χ4v) is 2.32. The molecule has 0 unspecified atom stereocenters. The van der Waals surface area contributed by atoms with Crippen molar-refractivity contribution < 1.29 is 0 Å². The average molecular weight is 111 g/mol. The van der Waals surface area contributed by atoms with E-state index in [0.29, 0.717) is 6.04 Å². The van der Waals surface area contributed by atoms with Gasteiger partial charge in [-0.2, -0.15) is 0 Å². The highest BCUT2D eigenvalue weighted by Gasteiger charge is 2.53. The van der Waals surface area contributed by atoms with E-state index >= 15 is 0 Å². The lowest BCUT2D eigenvalue weighted by molar-refractivity contribution is 0.551. The first-order valence-electron chi connectivity index (χ1n) is 3.56. The van der Waals surface area contributed by atoms with E-state index < -0.39 is 0 Å². The fraction of sp³-hybridized carbons (Fsp3) is 1.00. The second kappa shape index (κ2) is 1.27. The highest BCUT2D eigenvalue weighted by Crippen LogP contribution is 2.56. The first-order valence-corrected chi connectivity index (χ1v) is 3.56. The summed E-state index contributed by atoms with van der Waals surface area (Å²) >= 11 is 0. The second-order valence-electron chi connectivity index (χ2n) is 3.34. The maximum absolute atomic E-state index is 5.81. The monoisotopic (exact) mass is 111 g/mol. The van der Waals surface area contributed by atoms with Crippen LogP contribution >= 0.6 is 0 Å². The van der Waals surface area contributed by atoms with Gasteiger partial charge in [0.2, 0.25) is 0 Å². The molecule has 46 valence electrons. The number of fused-ring (bicyclic) bond motifs is 1. The Morgan fingerprint density at radius 1 is 1.38 bits per heavy atom. The Labute approximate surface area is 50.3 Å². The van der Waals surface area contributed by atoms with Crippen LogP contribution in [-0.4, -0.2) is 6.04 Å². The smallest absolute Gasteiger partial charge is 0.00726 e. The molecular weight excluding hydrogens is 98.1 g/mol. The van der Waals surface area contributed by atoms with Crippen LogP contribution in [-0.2, 0) is 0 Å². The molecule has 0 bridgehead atoms. The van der Waals surface area contributed by atoms with E-state index in [0.717, 1.165) is 17.8 Å². The highest BCUT2D eigenvalue weighted by molar-refractivity contribution is 5.05. The minimum absolute atomic E-state index is 0.565. The van der Waals surface area contributed by atoms with E-state index in [9.17, 15) is 0 Å². The van der Waals surface area contributed by atoms with Crippen LogP contribution in [0.5, 0.6) is 0 Å². The van der Waals surface area contributed by atoms with Crippen molar-refractivity contribution in [3.8, 4) is 0 Å². The molecule has 2 fully saturated rings. The zero-order chi connectivity index (χ0) is 5.72. The molecule has 0 aromatic carbocycles. The summed E-state index contributed by atoms with van der Waals surface area (Å²) in [6.45, 7) is 2.33. The van der Waals surface area contributed by atoms with Gasteiger partial charge in [-0.25, -0.2) is 0 Å². The minimum atomic E-state index is 0.565. The Hall–Kier alpha value is -0.0400. The van der Waals surface area contributed by atoms with Gasteiger partial charge in [-0.05, 0) is 30.6 Å². The van der Waals surface area contributed by atoms with Crippen molar-refractivity contribution >= 4 is 0 Å². The normalized spacial score (nSPS) is 60.8. The number of hydrogen-bond donors (Lipinski definition) is 1. The maximum Gasteiger partial charge on any atom is 0.00726 e. The van der Waals surface area contributed by atoms with Crippen molar-refractivity contribution in [1.29, 1.82) is 0 Å². The maximum atomic E-state index is 5.81. The first-order chi connectivity index (χ1) is 3.80. The lowest BCUT2D eigenvalue weighted by Crippen LogP contribution is -2.19. The van der Waals surface area contributed by atoms with Crippen LogP contribution in [0.25, 0.3) is 0 Å². The zero-order valence-electron chi connectivity index (χ0n) is 5.30. The van der Waals surface area contributed by atoms with E-state index in [-0.39, 0.29) is 0 Å². The molecule has 2 N–H and O–H groups in total. The van der Waals surface area contributed by atoms with Crippen molar-refractivity contribution in [1.82, 2.24) is 0 Å². The molecule has 4 atom stereocenters. The van der Waals surface area contributed by atoms with Gasteiger partial charge in [-0.3, -0.25) is 0 Å². The summed E-state index contributed by atoms with van der Waals surface area (Å²) in [5.74, 6) is 2.93. The van der Waals surface area contributed by atoms with E-state index in [4.69, 9.17) is 5.73 Å². The quantitative estimate of drug-likeness (QED) is 0.495. The fourth-order valence-electron chi connectivity index (χ4n) is 2.32. The molecule has 0 heterocycles. The van der Waals surface area contributed by atoms with Gasteiger partial charge >= 0.3 is 0 Å². The lowest BCUT2D eigenvalue weighted by atomic mass is 10.1. The van der Waals surface area contributed by atoms with Gasteiger partial charge in [0.1, 0.15) is 0 Å². The minimum Gasteiger partial charge on any atom is -0.327 e. The predicted octanol–water partition coefficient (Wildman–Crippen LogP) is 0.990. The van der Waals surface area contributed by atoms with Gasteiger partial charge < -0.3 is 5.73 Å². The highest BCUT2D eigenvalue weighted by atomic mass is 14.8. The largest absolute Gasteiger partial charge is 0.327 e. The molecule has 1 nitrogen and oxygen atoms in total. The first kappa shape index (κ1) is 4.80. The van der Waals surface area contributed by atoms with Crippen LogP contribution in [0.15, 0.2) is 0 Å². The van der Waals surface area contributed by atoms with E-state index in [1.807, 2.05) is 0 Å². The summed E-state index contributed by atoms with van der Waals surface area (Å²) < 4.78 is 0. The van der Waals surface area contributed by atoms with Crippen molar-refractivity contribution in [3.05, 3.63) is 0 Å². The molecule has 0 aliphatic heterocycles. The van der Waals surface area contributed by atoms with Crippen molar-refractivity contribution in [3.63, 3.8) is 0 Å². The van der Waals surface area contributed by atoms with Crippen molar-refractivity contribution in [2.45, 2.75) is 25.8 Å². The topological polar surface area (TPSA) is 26.0 Å². The van der Waals surface area contributed by atoms with Crippen LogP contribution in [0.2, 0.25) is 0 Å². The summed E-state index contributed by atoms with van der Waals surface area (Å²) in [4.78, 5) is 0. The van der Waals surface area contributed by atoms with Crippen molar-refractivity contribution in [2.24, 2.45) is 23.5 Å². The van der Waals surface area contributed by atoms with Crippen LogP contribution in [0.1, 0.15) is 19.8 Å². The number of rotatable bonds is 0. The van der Waals surface area contributed by atoms with E-state index in [2.05, 4.69) is 6.92 Å². The molecule has 2 rings (SSSR count). The molecular formula is C7H13N. The van der Waals surface area contributed by atoms with Gasteiger partial charge in [0.05, 0.1) is 0 Å². The summed E-state index contributed by atoms with van der Waals surface area (Å²) in [5, 5.41) is 0. The molecule has 2 aliphatic rings. The second-order valence-corrected chi connectivity index (χ2v) is 3.34. The van der Waals surface area contributed by atoms with Gasteiger partial charge in [-0.1, -0.05) is 6.92 Å².